The molecule has 0 unspecified atom stereocenters. The van der Waals surface area contributed by atoms with Crippen LogP contribution in [0.2, 0.25) is 0 Å². The van der Waals surface area contributed by atoms with E-state index in [9.17, 15) is 9.18 Å². The molecule has 1 aromatic heterocycles. The number of amides is 1. The van der Waals surface area contributed by atoms with E-state index < -0.39 is 0 Å². The van der Waals surface area contributed by atoms with Crippen LogP contribution in [0, 0.1) is 12.7 Å². The summed E-state index contributed by atoms with van der Waals surface area (Å²) in [6.07, 6.45) is 0.763. The normalized spacial score (nSPS) is 10.7. The monoisotopic (exact) mass is 397 g/mol. The molecule has 29 heavy (non-hydrogen) atoms. The summed E-state index contributed by atoms with van der Waals surface area (Å²) in [6, 6.07) is 15.4. The van der Waals surface area contributed by atoms with Gasteiger partial charge in [-0.1, -0.05) is 18.2 Å². The third-order valence-corrected chi connectivity index (χ3v) is 4.40. The van der Waals surface area contributed by atoms with Crippen molar-refractivity contribution < 1.29 is 18.7 Å². The van der Waals surface area contributed by atoms with Crippen LogP contribution >= 0.6 is 0 Å². The molecule has 0 aliphatic heterocycles. The molecule has 0 radical (unpaired) electrons. The SMILES string of the molecule is COCCNC(=O)CCc1c(C)nn(-c2ccccc2)c1Oc1ccc(F)cc1. The Kier molecular flexibility index (Phi) is 6.97. The summed E-state index contributed by atoms with van der Waals surface area (Å²) in [5.74, 6) is 0.610. The third kappa shape index (κ3) is 5.42. The fourth-order valence-corrected chi connectivity index (χ4v) is 2.91. The standard InChI is InChI=1S/C22H24FN3O3/c1-16-20(12-13-21(27)24-14-15-28-2)22(29-19-10-8-17(23)9-11-19)26(25-16)18-6-4-3-5-7-18/h3-11H,12-15H2,1-2H3,(H,24,27). The van der Waals surface area contributed by atoms with Crippen LogP contribution in [-0.4, -0.2) is 35.9 Å². The van der Waals surface area contributed by atoms with Crippen molar-refractivity contribution in [3.05, 3.63) is 71.7 Å². The third-order valence-electron chi connectivity index (χ3n) is 4.40. The summed E-state index contributed by atoms with van der Waals surface area (Å²) in [5.41, 5.74) is 2.44. The fraction of sp³-hybridized carbons (Fsp3) is 0.273. The largest absolute Gasteiger partial charge is 0.439 e. The van der Waals surface area contributed by atoms with Crippen molar-refractivity contribution >= 4 is 5.91 Å². The number of aryl methyl sites for hydroxylation is 1. The molecule has 0 saturated heterocycles. The number of carbonyl (C=O) groups excluding carboxylic acids is 1. The first-order valence-electron chi connectivity index (χ1n) is 9.41. The van der Waals surface area contributed by atoms with Gasteiger partial charge in [0.05, 0.1) is 18.0 Å². The molecule has 3 aromatic rings. The Balaban J connectivity index is 1.87. The molecule has 7 heteroatoms. The lowest BCUT2D eigenvalue weighted by atomic mass is 10.1. The van der Waals surface area contributed by atoms with Crippen molar-refractivity contribution in [1.82, 2.24) is 15.1 Å². The molecule has 0 atom stereocenters. The lowest BCUT2D eigenvalue weighted by Crippen LogP contribution is -2.27. The predicted octanol–water partition coefficient (Wildman–Crippen LogP) is 3.81. The zero-order valence-electron chi connectivity index (χ0n) is 16.5. The topological polar surface area (TPSA) is 65.4 Å². The number of rotatable bonds is 9. The van der Waals surface area contributed by atoms with Crippen LogP contribution in [-0.2, 0) is 16.0 Å². The van der Waals surface area contributed by atoms with Gasteiger partial charge in [0.1, 0.15) is 11.6 Å². The van der Waals surface area contributed by atoms with Gasteiger partial charge < -0.3 is 14.8 Å². The first kappa shape index (κ1) is 20.5. The van der Waals surface area contributed by atoms with Crippen molar-refractivity contribution in [2.75, 3.05) is 20.3 Å². The highest BCUT2D eigenvalue weighted by Gasteiger charge is 2.19. The van der Waals surface area contributed by atoms with Gasteiger partial charge in [-0.3, -0.25) is 4.79 Å². The van der Waals surface area contributed by atoms with Crippen LogP contribution in [0.5, 0.6) is 11.6 Å². The fourth-order valence-electron chi connectivity index (χ4n) is 2.91. The molecule has 0 fully saturated rings. The molecule has 0 aliphatic carbocycles. The summed E-state index contributed by atoms with van der Waals surface area (Å²) in [4.78, 5) is 12.1. The van der Waals surface area contributed by atoms with E-state index in [1.807, 2.05) is 37.3 Å². The Bertz CT molecular complexity index is 940. The van der Waals surface area contributed by atoms with E-state index >= 15 is 0 Å². The first-order valence-corrected chi connectivity index (χ1v) is 9.41. The maximum atomic E-state index is 13.3. The summed E-state index contributed by atoms with van der Waals surface area (Å²) >= 11 is 0. The molecular weight excluding hydrogens is 373 g/mol. The number of benzene rings is 2. The van der Waals surface area contributed by atoms with E-state index in [0.29, 0.717) is 37.6 Å². The second-order valence-corrected chi connectivity index (χ2v) is 6.52. The number of hydrogen-bond donors (Lipinski definition) is 1. The zero-order chi connectivity index (χ0) is 20.6. The Morgan fingerprint density at radius 3 is 2.55 bits per heavy atom. The van der Waals surface area contributed by atoms with Gasteiger partial charge in [-0.2, -0.15) is 5.10 Å². The molecule has 0 saturated carbocycles. The maximum absolute atomic E-state index is 13.3. The van der Waals surface area contributed by atoms with Crippen LogP contribution in [0.4, 0.5) is 4.39 Å². The van der Waals surface area contributed by atoms with Gasteiger partial charge in [0.2, 0.25) is 11.8 Å². The number of hydrogen-bond acceptors (Lipinski definition) is 4. The van der Waals surface area contributed by atoms with Gasteiger partial charge in [-0.25, -0.2) is 9.07 Å². The van der Waals surface area contributed by atoms with Gasteiger partial charge in [0.15, 0.2) is 0 Å². The molecule has 2 aromatic carbocycles. The Labute approximate surface area is 169 Å². The van der Waals surface area contributed by atoms with E-state index in [0.717, 1.165) is 16.9 Å². The number of halogens is 1. The lowest BCUT2D eigenvalue weighted by Gasteiger charge is -2.11. The van der Waals surface area contributed by atoms with Crippen LogP contribution < -0.4 is 10.1 Å². The minimum absolute atomic E-state index is 0.0679. The molecule has 1 N–H and O–H groups in total. The molecule has 1 heterocycles. The highest BCUT2D eigenvalue weighted by Crippen LogP contribution is 2.31. The van der Waals surface area contributed by atoms with Gasteiger partial charge in [-0.15, -0.1) is 0 Å². The summed E-state index contributed by atoms with van der Waals surface area (Å²) in [5, 5.41) is 7.43. The Hall–Kier alpha value is -3.19. The van der Waals surface area contributed by atoms with Gasteiger partial charge in [-0.05, 0) is 49.7 Å². The minimum atomic E-state index is -0.335. The smallest absolute Gasteiger partial charge is 0.226 e. The van der Waals surface area contributed by atoms with Crippen molar-refractivity contribution in [3.63, 3.8) is 0 Å². The van der Waals surface area contributed by atoms with Crippen molar-refractivity contribution in [3.8, 4) is 17.3 Å². The molecule has 6 nitrogen and oxygen atoms in total. The molecule has 0 spiro atoms. The second kappa shape index (κ2) is 9.84. The Morgan fingerprint density at radius 1 is 1.14 bits per heavy atom. The van der Waals surface area contributed by atoms with E-state index in [4.69, 9.17) is 9.47 Å². The van der Waals surface area contributed by atoms with Crippen molar-refractivity contribution in [2.45, 2.75) is 19.8 Å². The number of para-hydroxylation sites is 1. The van der Waals surface area contributed by atoms with Gasteiger partial charge >= 0.3 is 0 Å². The summed E-state index contributed by atoms with van der Waals surface area (Å²) in [7, 11) is 1.59. The zero-order valence-corrected chi connectivity index (χ0v) is 16.5. The summed E-state index contributed by atoms with van der Waals surface area (Å²) in [6.45, 7) is 2.82. The second-order valence-electron chi connectivity index (χ2n) is 6.52. The van der Waals surface area contributed by atoms with Crippen LogP contribution in [0.25, 0.3) is 5.69 Å². The minimum Gasteiger partial charge on any atom is -0.439 e. The highest BCUT2D eigenvalue weighted by atomic mass is 19.1. The highest BCUT2D eigenvalue weighted by molar-refractivity contribution is 5.76. The average Bonchev–Trinajstić information content (AvgIpc) is 3.04. The summed E-state index contributed by atoms with van der Waals surface area (Å²) < 4.78 is 26.0. The van der Waals surface area contributed by atoms with Crippen LogP contribution in [0.15, 0.2) is 54.6 Å². The maximum Gasteiger partial charge on any atom is 0.226 e. The molecule has 0 aliphatic rings. The number of nitrogens with one attached hydrogen (secondary N) is 1. The van der Waals surface area contributed by atoms with Crippen molar-refractivity contribution in [2.24, 2.45) is 0 Å². The van der Waals surface area contributed by atoms with E-state index in [-0.39, 0.29) is 11.7 Å². The number of nitrogens with zero attached hydrogens (tertiary/aromatic N) is 2. The van der Waals surface area contributed by atoms with E-state index in [1.54, 1.807) is 23.9 Å². The van der Waals surface area contributed by atoms with E-state index in [1.165, 1.54) is 12.1 Å². The number of methoxy groups -OCH3 is 1. The molecule has 3 rings (SSSR count). The average molecular weight is 397 g/mol. The van der Waals surface area contributed by atoms with Crippen LogP contribution in [0.3, 0.4) is 0 Å². The quantitative estimate of drug-likeness (QED) is 0.558. The predicted molar refractivity (Wildman–Crippen MR) is 108 cm³/mol. The van der Waals surface area contributed by atoms with E-state index in [2.05, 4.69) is 10.4 Å². The van der Waals surface area contributed by atoms with Crippen molar-refractivity contribution in [1.29, 1.82) is 0 Å². The van der Waals surface area contributed by atoms with Crippen LogP contribution in [0.1, 0.15) is 17.7 Å². The number of ether oxygens (including phenoxy) is 2. The molecule has 0 bridgehead atoms. The molecular formula is C22H24FN3O3. The number of carbonyl (C=O) groups is 1. The van der Waals surface area contributed by atoms with Gasteiger partial charge in [0.25, 0.3) is 0 Å². The molecule has 1 amide bonds. The Morgan fingerprint density at radius 2 is 1.86 bits per heavy atom. The number of aromatic nitrogens is 2. The first-order chi connectivity index (χ1) is 14.1. The molecule has 152 valence electrons. The van der Waals surface area contributed by atoms with Gasteiger partial charge in [0, 0.05) is 25.6 Å². The lowest BCUT2D eigenvalue weighted by molar-refractivity contribution is -0.121.